The van der Waals surface area contributed by atoms with Crippen LogP contribution < -0.4 is 9.47 Å². The molecule has 0 aliphatic heterocycles. The highest BCUT2D eigenvalue weighted by Crippen LogP contribution is 2.43. The third kappa shape index (κ3) is 2.98. The van der Waals surface area contributed by atoms with Gasteiger partial charge in [-0.2, -0.15) is 0 Å². The third-order valence-electron chi connectivity index (χ3n) is 2.73. The topological polar surface area (TPSA) is 18.5 Å². The Bertz CT molecular complexity index is 630. The molecular weight excluding hydrogens is 346 g/mol. The van der Waals surface area contributed by atoms with E-state index in [0.717, 1.165) is 0 Å². The molecule has 0 spiro atoms. The summed E-state index contributed by atoms with van der Waals surface area (Å²) in [7, 11) is 2.90. The molecule has 1 heterocycles. The van der Waals surface area contributed by atoms with Gasteiger partial charge >= 0.3 is 0 Å². The molecule has 0 saturated carbocycles. The molecule has 1 aromatic heterocycles. The number of thiophene rings is 1. The third-order valence-corrected chi connectivity index (χ3v) is 4.72. The molecule has 108 valence electrons. The maximum absolute atomic E-state index is 14.1. The zero-order valence-corrected chi connectivity index (χ0v) is 13.6. The minimum absolute atomic E-state index is 0.251. The highest BCUT2D eigenvalue weighted by Gasteiger charge is 2.22. The van der Waals surface area contributed by atoms with E-state index in [1.807, 2.05) is 0 Å². The Balaban J connectivity index is 2.49. The van der Waals surface area contributed by atoms with Crippen molar-refractivity contribution < 1.29 is 13.9 Å². The Morgan fingerprint density at radius 2 is 1.65 bits per heavy atom. The lowest BCUT2D eigenvalue weighted by Crippen LogP contribution is -2.00. The van der Waals surface area contributed by atoms with Crippen molar-refractivity contribution in [3.63, 3.8) is 0 Å². The van der Waals surface area contributed by atoms with E-state index in [9.17, 15) is 4.39 Å². The molecule has 1 aromatic carbocycles. The van der Waals surface area contributed by atoms with Crippen LogP contribution in [-0.4, -0.2) is 14.2 Å². The van der Waals surface area contributed by atoms with Crippen molar-refractivity contribution in [2.75, 3.05) is 14.2 Å². The van der Waals surface area contributed by atoms with Gasteiger partial charge in [-0.15, -0.1) is 22.9 Å². The second-order valence-electron chi connectivity index (χ2n) is 3.87. The average Bonchev–Trinajstić information content (AvgIpc) is 2.76. The molecule has 0 saturated heterocycles. The molecule has 0 fully saturated rings. The number of ether oxygens (including phenoxy) is 2. The molecule has 0 amide bonds. The summed E-state index contributed by atoms with van der Waals surface area (Å²) in [6.45, 7) is 0. The Morgan fingerprint density at radius 1 is 1.05 bits per heavy atom. The number of methoxy groups -OCH3 is 2. The predicted molar refractivity (Wildman–Crippen MR) is 81.5 cm³/mol. The zero-order chi connectivity index (χ0) is 14.9. The molecule has 2 nitrogen and oxygen atoms in total. The van der Waals surface area contributed by atoms with Gasteiger partial charge < -0.3 is 9.47 Å². The smallest absolute Gasteiger partial charge is 0.163 e. The zero-order valence-electron chi connectivity index (χ0n) is 10.5. The van der Waals surface area contributed by atoms with Gasteiger partial charge in [-0.05, 0) is 12.1 Å². The molecule has 20 heavy (non-hydrogen) atoms. The second-order valence-corrected chi connectivity index (χ2v) is 6.59. The van der Waals surface area contributed by atoms with Gasteiger partial charge in [0.25, 0.3) is 0 Å². The first-order valence-electron chi connectivity index (χ1n) is 5.48. The molecule has 0 N–H and O–H groups in total. The molecule has 7 heteroatoms. The maximum atomic E-state index is 14.1. The molecular formula is C13H10Cl3FO2S. The van der Waals surface area contributed by atoms with Crippen LogP contribution in [0.2, 0.25) is 8.67 Å². The van der Waals surface area contributed by atoms with Crippen LogP contribution in [0.15, 0.2) is 18.2 Å². The van der Waals surface area contributed by atoms with E-state index in [2.05, 4.69) is 0 Å². The summed E-state index contributed by atoms with van der Waals surface area (Å²) in [6, 6.07) is 4.35. The highest BCUT2D eigenvalue weighted by molar-refractivity contribution is 7.20. The van der Waals surface area contributed by atoms with Crippen molar-refractivity contribution in [1.82, 2.24) is 0 Å². The van der Waals surface area contributed by atoms with Crippen molar-refractivity contribution in [3.05, 3.63) is 43.8 Å². The maximum Gasteiger partial charge on any atom is 0.163 e. The minimum Gasteiger partial charge on any atom is -0.493 e. The van der Waals surface area contributed by atoms with Crippen LogP contribution in [0.4, 0.5) is 4.39 Å². The van der Waals surface area contributed by atoms with Gasteiger partial charge in [-0.1, -0.05) is 23.2 Å². The average molecular weight is 356 g/mol. The quantitative estimate of drug-likeness (QED) is 0.670. The summed E-state index contributed by atoms with van der Waals surface area (Å²) in [5.74, 6) is 0.195. The van der Waals surface area contributed by atoms with Gasteiger partial charge in [0.1, 0.15) is 5.82 Å². The van der Waals surface area contributed by atoms with Crippen LogP contribution in [0, 0.1) is 5.82 Å². The molecule has 1 unspecified atom stereocenters. The van der Waals surface area contributed by atoms with Crippen molar-refractivity contribution in [2.45, 2.75) is 5.38 Å². The van der Waals surface area contributed by atoms with Crippen molar-refractivity contribution in [1.29, 1.82) is 0 Å². The van der Waals surface area contributed by atoms with Gasteiger partial charge in [0.2, 0.25) is 0 Å². The number of alkyl halides is 1. The van der Waals surface area contributed by atoms with Crippen molar-refractivity contribution in [3.8, 4) is 11.5 Å². The van der Waals surface area contributed by atoms with Crippen LogP contribution >= 0.6 is 46.1 Å². The monoisotopic (exact) mass is 354 g/mol. The number of halogens is 4. The first-order chi connectivity index (χ1) is 9.47. The van der Waals surface area contributed by atoms with Crippen LogP contribution in [0.1, 0.15) is 16.5 Å². The minimum atomic E-state index is -0.758. The lowest BCUT2D eigenvalue weighted by molar-refractivity contribution is 0.351. The Morgan fingerprint density at radius 3 is 2.15 bits per heavy atom. The fourth-order valence-corrected chi connectivity index (χ4v) is 3.75. The van der Waals surface area contributed by atoms with E-state index >= 15 is 0 Å². The predicted octanol–water partition coefficient (Wildman–Crippen LogP) is 5.54. The van der Waals surface area contributed by atoms with E-state index in [-0.39, 0.29) is 5.56 Å². The highest BCUT2D eigenvalue weighted by atomic mass is 35.5. The lowest BCUT2D eigenvalue weighted by atomic mass is 10.1. The first-order valence-corrected chi connectivity index (χ1v) is 7.49. The number of hydrogen-bond donors (Lipinski definition) is 0. The van der Waals surface area contributed by atoms with Crippen LogP contribution in [-0.2, 0) is 0 Å². The molecule has 2 aromatic rings. The second kappa shape index (κ2) is 6.39. The van der Waals surface area contributed by atoms with Crippen LogP contribution in [0.5, 0.6) is 11.5 Å². The van der Waals surface area contributed by atoms with Crippen LogP contribution in [0.25, 0.3) is 0 Å². The van der Waals surface area contributed by atoms with E-state index in [4.69, 9.17) is 44.3 Å². The van der Waals surface area contributed by atoms with Crippen LogP contribution in [0.3, 0.4) is 0 Å². The molecule has 1 atom stereocenters. The van der Waals surface area contributed by atoms with Gasteiger partial charge in [0.15, 0.2) is 11.5 Å². The largest absolute Gasteiger partial charge is 0.493 e. The Hall–Kier alpha value is -0.680. The van der Waals surface area contributed by atoms with Gasteiger partial charge in [0, 0.05) is 17.2 Å². The van der Waals surface area contributed by atoms with E-state index in [1.165, 1.54) is 37.7 Å². The van der Waals surface area contributed by atoms with Gasteiger partial charge in [0.05, 0.1) is 28.3 Å². The molecule has 0 aliphatic rings. The molecule has 0 aliphatic carbocycles. The van der Waals surface area contributed by atoms with E-state index in [1.54, 1.807) is 6.07 Å². The summed E-state index contributed by atoms with van der Waals surface area (Å²) >= 11 is 19.4. The first kappa shape index (κ1) is 15.7. The van der Waals surface area contributed by atoms with Gasteiger partial charge in [-0.25, -0.2) is 4.39 Å². The van der Waals surface area contributed by atoms with E-state index in [0.29, 0.717) is 25.7 Å². The normalized spacial score (nSPS) is 12.3. The lowest BCUT2D eigenvalue weighted by Gasteiger charge is -2.14. The summed E-state index contributed by atoms with van der Waals surface area (Å²) in [6.07, 6.45) is 0. The molecule has 0 radical (unpaired) electrons. The van der Waals surface area contributed by atoms with Crippen molar-refractivity contribution in [2.24, 2.45) is 0 Å². The fraction of sp³-hybridized carbons (Fsp3) is 0.231. The standard InChI is InChI=1S/C13H10Cl3FO2S/c1-18-9-3-6(8(17)5-10(9)19-2)12(15)7-4-11(14)20-13(7)16/h3-5,12H,1-2H3. The molecule has 2 rings (SSSR count). The van der Waals surface area contributed by atoms with Crippen molar-refractivity contribution >= 4 is 46.1 Å². The van der Waals surface area contributed by atoms with Gasteiger partial charge in [-0.3, -0.25) is 0 Å². The summed E-state index contributed by atoms with van der Waals surface area (Å²) < 4.78 is 25.2. The number of rotatable bonds is 4. The Kier molecular flexibility index (Phi) is 5.02. The summed E-state index contributed by atoms with van der Waals surface area (Å²) in [5, 5.41) is -0.758. The van der Waals surface area contributed by atoms with E-state index < -0.39 is 11.2 Å². The number of hydrogen-bond acceptors (Lipinski definition) is 3. The fourth-order valence-electron chi connectivity index (χ4n) is 1.76. The summed E-state index contributed by atoms with van der Waals surface area (Å²) in [5.41, 5.74) is 0.815. The SMILES string of the molecule is COc1cc(F)c(C(Cl)c2cc(Cl)sc2Cl)cc1OC. The Labute approximate surface area is 135 Å². The molecule has 0 bridgehead atoms. The summed E-state index contributed by atoms with van der Waals surface area (Å²) in [4.78, 5) is 0. The number of benzene rings is 1.